The first-order chi connectivity index (χ1) is 12.1. The van der Waals surface area contributed by atoms with Crippen molar-refractivity contribution < 1.29 is 23.5 Å². The van der Waals surface area contributed by atoms with Crippen LogP contribution in [-0.2, 0) is 16.0 Å². The smallest absolute Gasteiger partial charge is 0.337 e. The van der Waals surface area contributed by atoms with Crippen molar-refractivity contribution >= 4 is 23.3 Å². The molecule has 0 radical (unpaired) electrons. The van der Waals surface area contributed by atoms with Crippen LogP contribution in [0, 0.1) is 6.92 Å². The van der Waals surface area contributed by atoms with Crippen molar-refractivity contribution in [3.63, 3.8) is 0 Å². The van der Waals surface area contributed by atoms with Crippen LogP contribution >= 0.6 is 11.3 Å². The second-order valence-corrected chi connectivity index (χ2v) is 6.11. The molecule has 6 nitrogen and oxygen atoms in total. The van der Waals surface area contributed by atoms with Gasteiger partial charge >= 0.3 is 11.9 Å². The summed E-state index contributed by atoms with van der Waals surface area (Å²) in [5.41, 5.74) is 0.926. The molecule has 0 saturated heterocycles. The molecule has 2 aromatic heterocycles. The number of benzene rings is 1. The first-order valence-electron chi connectivity index (χ1n) is 7.46. The van der Waals surface area contributed by atoms with Gasteiger partial charge in [0.25, 0.3) is 0 Å². The molecular formula is C18H15NO5S. The van der Waals surface area contributed by atoms with Gasteiger partial charge in [0.05, 0.1) is 29.7 Å². The van der Waals surface area contributed by atoms with E-state index in [-0.39, 0.29) is 6.42 Å². The van der Waals surface area contributed by atoms with Crippen LogP contribution in [0.15, 0.2) is 46.2 Å². The number of ether oxygens (including phenoxy) is 2. The van der Waals surface area contributed by atoms with Crippen LogP contribution in [0.2, 0.25) is 0 Å². The molecule has 0 amide bonds. The maximum Gasteiger partial charge on any atom is 0.337 e. The predicted molar refractivity (Wildman–Crippen MR) is 91.7 cm³/mol. The van der Waals surface area contributed by atoms with E-state index in [1.807, 2.05) is 17.5 Å². The fraction of sp³-hybridized carbons (Fsp3) is 0.167. The van der Waals surface area contributed by atoms with E-state index < -0.39 is 11.9 Å². The monoisotopic (exact) mass is 357 g/mol. The first-order valence-corrected chi connectivity index (χ1v) is 8.34. The Labute approximate surface area is 148 Å². The minimum absolute atomic E-state index is 0.000534. The summed E-state index contributed by atoms with van der Waals surface area (Å²) in [6.07, 6.45) is -0.000534. The number of aryl methyl sites for hydroxylation is 1. The zero-order valence-corrected chi connectivity index (χ0v) is 14.5. The molecule has 0 aliphatic rings. The van der Waals surface area contributed by atoms with Crippen molar-refractivity contribution in [2.75, 3.05) is 7.11 Å². The molecule has 3 rings (SSSR count). The lowest BCUT2D eigenvalue weighted by Crippen LogP contribution is -2.12. The van der Waals surface area contributed by atoms with Gasteiger partial charge in [0.2, 0.25) is 5.89 Å². The fourth-order valence-electron chi connectivity index (χ4n) is 2.18. The molecule has 128 valence electrons. The highest BCUT2D eigenvalue weighted by molar-refractivity contribution is 7.13. The van der Waals surface area contributed by atoms with Gasteiger partial charge in [-0.15, -0.1) is 11.3 Å². The molecule has 0 spiro atoms. The molecule has 1 aromatic carbocycles. The lowest BCUT2D eigenvalue weighted by Gasteiger charge is -2.04. The van der Waals surface area contributed by atoms with E-state index in [2.05, 4.69) is 9.72 Å². The SMILES string of the molecule is COC(=O)c1ccc(OC(=O)Cc2nc(-c3cccs3)oc2C)cc1. The average Bonchev–Trinajstić information content (AvgIpc) is 3.25. The molecule has 0 fully saturated rings. The van der Waals surface area contributed by atoms with Gasteiger partial charge in [0.1, 0.15) is 11.5 Å². The van der Waals surface area contributed by atoms with Crippen LogP contribution in [-0.4, -0.2) is 24.0 Å². The summed E-state index contributed by atoms with van der Waals surface area (Å²) in [5.74, 6) is 0.522. The Balaban J connectivity index is 1.66. The van der Waals surface area contributed by atoms with Gasteiger partial charge in [-0.3, -0.25) is 4.79 Å². The van der Waals surface area contributed by atoms with E-state index in [0.29, 0.717) is 28.7 Å². The van der Waals surface area contributed by atoms with E-state index in [4.69, 9.17) is 9.15 Å². The number of aromatic nitrogens is 1. The predicted octanol–water partition coefficient (Wildman–Crippen LogP) is 3.65. The Hall–Kier alpha value is -2.93. The van der Waals surface area contributed by atoms with Crippen LogP contribution in [0.5, 0.6) is 5.75 Å². The molecular weight excluding hydrogens is 342 g/mol. The van der Waals surface area contributed by atoms with Gasteiger partial charge in [-0.25, -0.2) is 9.78 Å². The Kier molecular flexibility index (Phi) is 4.95. The topological polar surface area (TPSA) is 78.6 Å². The van der Waals surface area contributed by atoms with Gasteiger partial charge in [0.15, 0.2) is 0 Å². The van der Waals surface area contributed by atoms with Crippen LogP contribution in [0.25, 0.3) is 10.8 Å². The quantitative estimate of drug-likeness (QED) is 0.512. The standard InChI is InChI=1S/C18H15NO5S/c1-11-14(19-17(23-11)15-4-3-9-25-15)10-16(20)24-13-7-5-12(6-8-13)18(21)22-2/h3-9H,10H2,1-2H3. The summed E-state index contributed by atoms with van der Waals surface area (Å²) in [5, 5.41) is 1.93. The summed E-state index contributed by atoms with van der Waals surface area (Å²) >= 11 is 1.51. The molecule has 0 bridgehead atoms. The summed E-state index contributed by atoms with van der Waals surface area (Å²) < 4.78 is 15.5. The molecule has 0 atom stereocenters. The number of hydrogen-bond acceptors (Lipinski definition) is 7. The third-order valence-electron chi connectivity index (χ3n) is 3.44. The van der Waals surface area contributed by atoms with Crippen molar-refractivity contribution in [1.82, 2.24) is 4.98 Å². The Bertz CT molecular complexity index is 881. The summed E-state index contributed by atoms with van der Waals surface area (Å²) in [6, 6.07) is 9.95. The largest absolute Gasteiger partial charge is 0.465 e. The van der Waals surface area contributed by atoms with E-state index in [1.54, 1.807) is 6.92 Å². The van der Waals surface area contributed by atoms with Gasteiger partial charge in [-0.2, -0.15) is 0 Å². The van der Waals surface area contributed by atoms with E-state index in [9.17, 15) is 9.59 Å². The number of nitrogens with zero attached hydrogens (tertiary/aromatic N) is 1. The minimum Gasteiger partial charge on any atom is -0.465 e. The highest BCUT2D eigenvalue weighted by atomic mass is 32.1. The number of esters is 2. The molecule has 0 aliphatic heterocycles. The Morgan fingerprint density at radius 2 is 1.96 bits per heavy atom. The van der Waals surface area contributed by atoms with Crippen molar-refractivity contribution in [1.29, 1.82) is 0 Å². The highest BCUT2D eigenvalue weighted by Gasteiger charge is 2.16. The maximum absolute atomic E-state index is 12.1. The van der Waals surface area contributed by atoms with Gasteiger partial charge < -0.3 is 13.9 Å². The number of carbonyl (C=O) groups excluding carboxylic acids is 2. The third-order valence-corrected chi connectivity index (χ3v) is 4.30. The van der Waals surface area contributed by atoms with E-state index in [1.165, 1.54) is 42.7 Å². The van der Waals surface area contributed by atoms with Crippen molar-refractivity contribution in [2.24, 2.45) is 0 Å². The summed E-state index contributed by atoms with van der Waals surface area (Å²) in [7, 11) is 1.31. The van der Waals surface area contributed by atoms with Crippen molar-refractivity contribution in [3.05, 3.63) is 58.8 Å². The van der Waals surface area contributed by atoms with Crippen molar-refractivity contribution in [3.8, 4) is 16.5 Å². The summed E-state index contributed by atoms with van der Waals surface area (Å²) in [4.78, 5) is 28.8. The van der Waals surface area contributed by atoms with Crippen LogP contribution < -0.4 is 4.74 Å². The number of carbonyl (C=O) groups is 2. The molecule has 0 N–H and O–H groups in total. The molecule has 0 aliphatic carbocycles. The number of methoxy groups -OCH3 is 1. The minimum atomic E-state index is -0.458. The third kappa shape index (κ3) is 3.95. The van der Waals surface area contributed by atoms with Crippen molar-refractivity contribution in [2.45, 2.75) is 13.3 Å². The highest BCUT2D eigenvalue weighted by Crippen LogP contribution is 2.26. The van der Waals surface area contributed by atoms with E-state index in [0.717, 1.165) is 4.88 Å². The average molecular weight is 357 g/mol. The lowest BCUT2D eigenvalue weighted by molar-refractivity contribution is -0.133. The number of rotatable bonds is 5. The maximum atomic E-state index is 12.1. The van der Waals surface area contributed by atoms with E-state index >= 15 is 0 Å². The zero-order valence-electron chi connectivity index (χ0n) is 13.6. The number of oxazole rings is 1. The lowest BCUT2D eigenvalue weighted by atomic mass is 10.2. The Morgan fingerprint density at radius 1 is 1.20 bits per heavy atom. The van der Waals surface area contributed by atoms with Crippen LogP contribution in [0.3, 0.4) is 0 Å². The van der Waals surface area contributed by atoms with Crippen LogP contribution in [0.1, 0.15) is 21.8 Å². The van der Waals surface area contributed by atoms with Gasteiger partial charge in [0, 0.05) is 0 Å². The Morgan fingerprint density at radius 3 is 2.60 bits per heavy atom. The normalized spacial score (nSPS) is 10.5. The molecule has 7 heteroatoms. The van der Waals surface area contributed by atoms with Gasteiger partial charge in [-0.05, 0) is 42.6 Å². The molecule has 2 heterocycles. The van der Waals surface area contributed by atoms with Gasteiger partial charge in [-0.1, -0.05) is 6.07 Å². The number of thiophene rings is 1. The zero-order chi connectivity index (χ0) is 17.8. The number of hydrogen-bond donors (Lipinski definition) is 0. The molecule has 25 heavy (non-hydrogen) atoms. The molecule has 0 saturated carbocycles. The molecule has 0 unspecified atom stereocenters. The van der Waals surface area contributed by atoms with Crippen LogP contribution in [0.4, 0.5) is 0 Å². The second-order valence-electron chi connectivity index (χ2n) is 5.17. The summed E-state index contributed by atoms with van der Waals surface area (Å²) in [6.45, 7) is 1.76. The molecule has 3 aromatic rings. The fourth-order valence-corrected chi connectivity index (χ4v) is 2.83. The first kappa shape index (κ1) is 16.9. The second kappa shape index (κ2) is 7.31.